The molecule has 0 bridgehead atoms. The number of rotatable bonds is 7. The summed E-state index contributed by atoms with van der Waals surface area (Å²) in [4.78, 5) is 17.3. The van der Waals surface area contributed by atoms with Crippen LogP contribution in [0, 0.1) is 6.92 Å². The van der Waals surface area contributed by atoms with Crippen LogP contribution >= 0.6 is 0 Å². The third-order valence-corrected chi connectivity index (χ3v) is 5.57. The van der Waals surface area contributed by atoms with E-state index < -0.39 is 23.8 Å². The minimum absolute atomic E-state index is 0.0198. The Morgan fingerprint density at radius 3 is 2.53 bits per heavy atom. The molecular formula is C25H22F3N3O3. The number of aromatic nitrogens is 3. The van der Waals surface area contributed by atoms with Crippen molar-refractivity contribution in [2.45, 2.75) is 25.8 Å². The number of carbonyl (C=O) groups excluding carboxylic acids is 1. The number of methoxy groups -OCH3 is 2. The molecule has 176 valence electrons. The molecule has 0 fully saturated rings. The minimum atomic E-state index is -4.50. The largest absolute Gasteiger partial charge is 0.416 e. The zero-order valence-corrected chi connectivity index (χ0v) is 18.7. The van der Waals surface area contributed by atoms with Gasteiger partial charge in [-0.15, -0.1) is 0 Å². The van der Waals surface area contributed by atoms with Gasteiger partial charge in [-0.2, -0.15) is 18.3 Å². The standard InChI is InChI=1S/C25H22F3N3O3/c1-14-7-8-15(12-21(32)16-5-4-6-17(13-16)25(26,27)28)11-19(14)20-10-9-18-22(24(33-2)34-3)30-31-23(18)29-20/h4-11,13,24H,12H2,1-3H3,(H,29,30,31). The zero-order chi connectivity index (χ0) is 24.5. The van der Waals surface area contributed by atoms with E-state index in [1.54, 1.807) is 6.07 Å². The van der Waals surface area contributed by atoms with Crippen molar-refractivity contribution in [3.63, 3.8) is 0 Å². The van der Waals surface area contributed by atoms with Gasteiger partial charge in [0.1, 0.15) is 5.69 Å². The second kappa shape index (κ2) is 9.36. The van der Waals surface area contributed by atoms with E-state index in [1.807, 2.05) is 31.2 Å². The first kappa shape index (κ1) is 23.6. The molecule has 9 heteroatoms. The SMILES string of the molecule is COC(OC)c1[nH]nc2nc(-c3cc(CC(=O)c4cccc(C(F)(F)F)c4)ccc3C)ccc12. The van der Waals surface area contributed by atoms with Gasteiger partial charge >= 0.3 is 6.18 Å². The highest BCUT2D eigenvalue weighted by Crippen LogP contribution is 2.31. The molecule has 0 atom stereocenters. The fraction of sp³-hybridized carbons (Fsp3) is 0.240. The summed E-state index contributed by atoms with van der Waals surface area (Å²) < 4.78 is 49.6. The lowest BCUT2D eigenvalue weighted by Gasteiger charge is -2.12. The molecule has 0 radical (unpaired) electrons. The number of halogens is 3. The number of alkyl halides is 3. The highest BCUT2D eigenvalue weighted by molar-refractivity contribution is 5.97. The molecule has 2 aromatic heterocycles. The number of ether oxygens (including phenoxy) is 2. The van der Waals surface area contributed by atoms with E-state index in [0.717, 1.165) is 28.6 Å². The summed E-state index contributed by atoms with van der Waals surface area (Å²) in [6.07, 6.45) is -5.15. The Morgan fingerprint density at radius 2 is 1.82 bits per heavy atom. The van der Waals surface area contributed by atoms with E-state index in [9.17, 15) is 18.0 Å². The Labute approximate surface area is 193 Å². The molecule has 0 saturated heterocycles. The number of hydrogen-bond donors (Lipinski definition) is 1. The number of aromatic amines is 1. The summed E-state index contributed by atoms with van der Waals surface area (Å²) in [6.45, 7) is 1.92. The summed E-state index contributed by atoms with van der Waals surface area (Å²) in [5.74, 6) is -0.397. The van der Waals surface area contributed by atoms with Crippen LogP contribution < -0.4 is 0 Å². The monoisotopic (exact) mass is 469 g/mol. The second-order valence-corrected chi connectivity index (χ2v) is 7.84. The van der Waals surface area contributed by atoms with Crippen molar-refractivity contribution in [1.82, 2.24) is 15.2 Å². The summed E-state index contributed by atoms with van der Waals surface area (Å²) in [6, 6.07) is 13.6. The third kappa shape index (κ3) is 4.71. The van der Waals surface area contributed by atoms with Gasteiger partial charge in [0, 0.05) is 37.2 Å². The number of H-pyrrole nitrogens is 1. The predicted octanol–water partition coefficient (Wildman–Crippen LogP) is 5.67. The highest BCUT2D eigenvalue weighted by Gasteiger charge is 2.30. The number of Topliss-reactive ketones (excluding diaryl/α,β-unsaturated/α-hetero) is 1. The minimum Gasteiger partial charge on any atom is -0.350 e. The average Bonchev–Trinajstić information content (AvgIpc) is 3.24. The van der Waals surface area contributed by atoms with Crippen LogP contribution in [0.5, 0.6) is 0 Å². The number of carbonyl (C=O) groups is 1. The molecule has 0 spiro atoms. The van der Waals surface area contributed by atoms with Gasteiger partial charge in [-0.3, -0.25) is 9.89 Å². The van der Waals surface area contributed by atoms with Crippen molar-refractivity contribution in [1.29, 1.82) is 0 Å². The van der Waals surface area contributed by atoms with Gasteiger partial charge in [-0.25, -0.2) is 4.98 Å². The van der Waals surface area contributed by atoms with Crippen molar-refractivity contribution in [2.24, 2.45) is 0 Å². The predicted molar refractivity (Wildman–Crippen MR) is 120 cm³/mol. The molecule has 1 N–H and O–H groups in total. The number of benzene rings is 2. The van der Waals surface area contributed by atoms with E-state index >= 15 is 0 Å². The summed E-state index contributed by atoms with van der Waals surface area (Å²) >= 11 is 0. The molecule has 0 saturated carbocycles. The molecular weight excluding hydrogens is 447 g/mol. The van der Waals surface area contributed by atoms with Gasteiger partial charge in [-0.1, -0.05) is 24.3 Å². The van der Waals surface area contributed by atoms with E-state index in [-0.39, 0.29) is 12.0 Å². The van der Waals surface area contributed by atoms with Crippen molar-refractivity contribution in [3.8, 4) is 11.3 Å². The molecule has 6 nitrogen and oxygen atoms in total. The molecule has 34 heavy (non-hydrogen) atoms. The lowest BCUT2D eigenvalue weighted by Crippen LogP contribution is -2.09. The lowest BCUT2D eigenvalue weighted by atomic mass is 9.96. The quantitative estimate of drug-likeness (QED) is 0.279. The fourth-order valence-corrected chi connectivity index (χ4v) is 3.79. The van der Waals surface area contributed by atoms with Crippen LogP contribution in [-0.2, 0) is 22.1 Å². The Balaban J connectivity index is 1.63. The Morgan fingerprint density at radius 1 is 1.06 bits per heavy atom. The topological polar surface area (TPSA) is 77.1 Å². The Hall–Kier alpha value is -3.56. The molecule has 0 aliphatic heterocycles. The van der Waals surface area contributed by atoms with Crippen LogP contribution in [0.2, 0.25) is 0 Å². The number of fused-ring (bicyclic) bond motifs is 1. The first-order valence-electron chi connectivity index (χ1n) is 10.4. The van der Waals surface area contributed by atoms with Gasteiger partial charge in [0.25, 0.3) is 0 Å². The van der Waals surface area contributed by atoms with Gasteiger partial charge < -0.3 is 9.47 Å². The summed E-state index contributed by atoms with van der Waals surface area (Å²) in [5.41, 5.74) is 3.37. The van der Waals surface area contributed by atoms with Crippen molar-refractivity contribution in [2.75, 3.05) is 14.2 Å². The van der Waals surface area contributed by atoms with E-state index in [2.05, 4.69) is 15.2 Å². The first-order chi connectivity index (χ1) is 16.2. The average molecular weight is 469 g/mol. The molecule has 4 aromatic rings. The third-order valence-electron chi connectivity index (χ3n) is 5.57. The van der Waals surface area contributed by atoms with Crippen LogP contribution in [-0.4, -0.2) is 35.2 Å². The van der Waals surface area contributed by atoms with Crippen LogP contribution in [0.15, 0.2) is 54.6 Å². The fourth-order valence-electron chi connectivity index (χ4n) is 3.79. The molecule has 2 heterocycles. The van der Waals surface area contributed by atoms with Crippen molar-refractivity contribution < 1.29 is 27.4 Å². The van der Waals surface area contributed by atoms with E-state index in [1.165, 1.54) is 26.4 Å². The van der Waals surface area contributed by atoms with Crippen LogP contribution in [0.1, 0.15) is 39.0 Å². The van der Waals surface area contributed by atoms with Crippen LogP contribution in [0.3, 0.4) is 0 Å². The maximum absolute atomic E-state index is 13.0. The number of ketones is 1. The summed E-state index contributed by atoms with van der Waals surface area (Å²) in [5, 5.41) is 7.90. The second-order valence-electron chi connectivity index (χ2n) is 7.84. The van der Waals surface area contributed by atoms with Crippen molar-refractivity contribution in [3.05, 3.63) is 82.5 Å². The number of aryl methyl sites for hydroxylation is 1. The summed E-state index contributed by atoms with van der Waals surface area (Å²) in [7, 11) is 3.05. The van der Waals surface area contributed by atoms with Crippen molar-refractivity contribution >= 4 is 16.8 Å². The highest BCUT2D eigenvalue weighted by atomic mass is 19.4. The van der Waals surface area contributed by atoms with Gasteiger partial charge in [0.15, 0.2) is 11.4 Å². The first-order valence-corrected chi connectivity index (χ1v) is 10.4. The van der Waals surface area contributed by atoms with E-state index in [4.69, 9.17) is 9.47 Å². The smallest absolute Gasteiger partial charge is 0.350 e. The number of hydrogen-bond acceptors (Lipinski definition) is 5. The molecule has 0 aliphatic carbocycles. The van der Waals surface area contributed by atoms with E-state index in [0.29, 0.717) is 22.6 Å². The molecule has 2 aromatic carbocycles. The number of nitrogens with zero attached hydrogens (tertiary/aromatic N) is 2. The maximum atomic E-state index is 13.0. The normalized spacial score (nSPS) is 12.0. The molecule has 4 rings (SSSR count). The van der Waals surface area contributed by atoms with Gasteiger partial charge in [-0.05, 0) is 48.4 Å². The number of pyridine rings is 1. The Bertz CT molecular complexity index is 1340. The van der Waals surface area contributed by atoms with Crippen LogP contribution in [0.25, 0.3) is 22.3 Å². The van der Waals surface area contributed by atoms with Crippen LogP contribution in [0.4, 0.5) is 13.2 Å². The molecule has 0 aliphatic rings. The zero-order valence-electron chi connectivity index (χ0n) is 18.7. The number of nitrogens with one attached hydrogen (secondary N) is 1. The van der Waals surface area contributed by atoms with Gasteiger partial charge in [0.05, 0.1) is 11.3 Å². The lowest BCUT2D eigenvalue weighted by molar-refractivity contribution is -0.137. The maximum Gasteiger partial charge on any atom is 0.416 e. The molecule has 0 unspecified atom stereocenters. The molecule has 0 amide bonds. The van der Waals surface area contributed by atoms with Gasteiger partial charge in [0.2, 0.25) is 6.29 Å². The Kier molecular flexibility index (Phi) is 6.49.